The van der Waals surface area contributed by atoms with Crippen LogP contribution in [-0.2, 0) is 16.1 Å². The molecular weight excluding hydrogens is 546 g/mol. The molecule has 43 heavy (non-hydrogen) atoms. The molecule has 2 aliphatic rings. The van der Waals surface area contributed by atoms with Crippen molar-refractivity contribution in [3.63, 3.8) is 0 Å². The van der Waals surface area contributed by atoms with Gasteiger partial charge >= 0.3 is 0 Å². The van der Waals surface area contributed by atoms with Gasteiger partial charge in [-0.15, -0.1) is 0 Å². The summed E-state index contributed by atoms with van der Waals surface area (Å²) in [6.07, 6.45) is 2.82. The molecule has 0 spiro atoms. The predicted octanol–water partition coefficient (Wildman–Crippen LogP) is 4.58. The van der Waals surface area contributed by atoms with Crippen LogP contribution in [0.4, 0.5) is 5.82 Å². The van der Waals surface area contributed by atoms with Gasteiger partial charge in [0.05, 0.1) is 49.6 Å². The third-order valence-electron chi connectivity index (χ3n) is 7.78. The minimum Gasteiger partial charge on any atom is -0.493 e. The van der Waals surface area contributed by atoms with Crippen LogP contribution in [0.3, 0.4) is 0 Å². The van der Waals surface area contributed by atoms with Crippen molar-refractivity contribution in [2.75, 3.05) is 38.2 Å². The van der Waals surface area contributed by atoms with E-state index in [1.807, 2.05) is 55.5 Å². The average molecular weight is 582 g/mol. The molecule has 3 aromatic carbocycles. The van der Waals surface area contributed by atoms with E-state index in [4.69, 9.17) is 19.2 Å². The molecule has 0 aliphatic carbocycles. The smallest absolute Gasteiger partial charge is 0.254 e. The molecule has 10 heteroatoms. The van der Waals surface area contributed by atoms with Crippen LogP contribution < -0.4 is 19.7 Å². The Bertz CT molecular complexity index is 1630. The number of para-hydroxylation sites is 2. The Labute approximate surface area is 250 Å². The van der Waals surface area contributed by atoms with Gasteiger partial charge in [0.15, 0.2) is 11.5 Å². The van der Waals surface area contributed by atoms with Crippen LogP contribution >= 0.6 is 0 Å². The van der Waals surface area contributed by atoms with Crippen LogP contribution in [0.5, 0.6) is 17.2 Å². The quantitative estimate of drug-likeness (QED) is 0.374. The van der Waals surface area contributed by atoms with Crippen LogP contribution in [0.15, 0.2) is 72.9 Å². The zero-order valence-electron chi connectivity index (χ0n) is 24.4. The number of rotatable bonds is 4. The number of anilines is 1. The molecule has 0 saturated carbocycles. The van der Waals surface area contributed by atoms with Gasteiger partial charge in [0.25, 0.3) is 5.91 Å². The van der Waals surface area contributed by atoms with E-state index in [0.717, 1.165) is 22.4 Å². The topological polar surface area (TPSA) is 106 Å². The molecule has 6 rings (SSSR count). The fourth-order valence-corrected chi connectivity index (χ4v) is 5.61. The monoisotopic (exact) mass is 581 g/mol. The van der Waals surface area contributed by atoms with Crippen LogP contribution in [-0.4, -0.2) is 72.1 Å². The second-order valence-corrected chi connectivity index (χ2v) is 10.8. The Morgan fingerprint density at radius 2 is 1.91 bits per heavy atom. The molecule has 3 heterocycles. The molecule has 10 nitrogen and oxygen atoms in total. The lowest BCUT2D eigenvalue weighted by Gasteiger charge is -2.39. The van der Waals surface area contributed by atoms with Gasteiger partial charge in [-0.2, -0.15) is 0 Å². The number of hydrogen-bond donors (Lipinski definition) is 1. The lowest BCUT2D eigenvalue weighted by atomic mass is 10.0. The molecule has 0 radical (unpaired) electrons. The molecule has 1 fully saturated rings. The van der Waals surface area contributed by atoms with Crippen molar-refractivity contribution >= 4 is 28.7 Å². The largest absolute Gasteiger partial charge is 0.493 e. The van der Waals surface area contributed by atoms with E-state index in [1.165, 1.54) is 0 Å². The van der Waals surface area contributed by atoms with Crippen LogP contribution in [0.25, 0.3) is 11.0 Å². The lowest BCUT2D eigenvalue weighted by molar-refractivity contribution is -0.124. The summed E-state index contributed by atoms with van der Waals surface area (Å²) in [6, 6.07) is 20.3. The van der Waals surface area contributed by atoms with Gasteiger partial charge in [0, 0.05) is 25.2 Å². The molecule has 4 bridgehead atoms. The van der Waals surface area contributed by atoms with Crippen LogP contribution in [0.2, 0.25) is 0 Å². The molecule has 222 valence electrons. The second-order valence-electron chi connectivity index (χ2n) is 10.8. The first-order valence-corrected chi connectivity index (χ1v) is 14.6. The third-order valence-corrected chi connectivity index (χ3v) is 7.78. The lowest BCUT2D eigenvalue weighted by Crippen LogP contribution is -2.56. The number of amides is 2. The average Bonchev–Trinajstić information content (AvgIpc) is 3.03. The highest BCUT2D eigenvalue weighted by Crippen LogP contribution is 2.33. The van der Waals surface area contributed by atoms with E-state index in [2.05, 4.69) is 15.2 Å². The molecule has 2 amide bonds. The Morgan fingerprint density at radius 1 is 1.05 bits per heavy atom. The Morgan fingerprint density at radius 3 is 2.74 bits per heavy atom. The van der Waals surface area contributed by atoms with Gasteiger partial charge in [-0.1, -0.05) is 31.2 Å². The highest BCUT2D eigenvalue weighted by molar-refractivity contribution is 5.97. The maximum Gasteiger partial charge on any atom is 0.254 e. The van der Waals surface area contributed by atoms with Crippen molar-refractivity contribution in [2.24, 2.45) is 0 Å². The first-order chi connectivity index (χ1) is 21.0. The van der Waals surface area contributed by atoms with Crippen molar-refractivity contribution in [3.05, 3.63) is 84.1 Å². The minimum atomic E-state index is -0.327. The molecule has 1 N–H and O–H groups in total. The van der Waals surface area contributed by atoms with Crippen molar-refractivity contribution in [1.29, 1.82) is 0 Å². The zero-order chi connectivity index (χ0) is 29.8. The standard InChI is InChI=1S/C33H35N5O5/c1-3-14-38-20-32(39)36-27-13-15-37(31-18-34-25-9-4-5-10-26(25)35-31)19-30(27)42-21-22-7-6-8-24(16-22)43-29-17-23(33(38)40)11-12-28(29)41-2/h4-12,16-18,27,30H,3,13-15,19-21H2,1-2H3,(H,36,39)/t27-,30-/m0/s1. The number of benzene rings is 3. The predicted molar refractivity (Wildman–Crippen MR) is 163 cm³/mol. The van der Waals surface area contributed by atoms with Gasteiger partial charge in [-0.05, 0) is 60.9 Å². The van der Waals surface area contributed by atoms with E-state index in [1.54, 1.807) is 36.4 Å². The van der Waals surface area contributed by atoms with Crippen molar-refractivity contribution in [1.82, 2.24) is 20.2 Å². The molecule has 2 aliphatic heterocycles. The second kappa shape index (κ2) is 12.7. The third kappa shape index (κ3) is 6.39. The van der Waals surface area contributed by atoms with Crippen LogP contribution in [0, 0.1) is 0 Å². The number of carbonyl (C=O) groups excluding carboxylic acids is 2. The summed E-state index contributed by atoms with van der Waals surface area (Å²) < 4.78 is 18.2. The van der Waals surface area contributed by atoms with Gasteiger partial charge in [0.2, 0.25) is 5.91 Å². The molecule has 2 atom stereocenters. The number of nitrogens with zero attached hydrogens (tertiary/aromatic N) is 4. The SMILES string of the molecule is CCCN1CC(=O)N[C@H]2CCN(c3cnc4ccccc4n3)C[C@@H]2OCc2cccc(c2)Oc2cc(ccc2OC)C1=O. The Hall–Kier alpha value is -4.70. The minimum absolute atomic E-state index is 0.0585. The first kappa shape index (κ1) is 28.4. The van der Waals surface area contributed by atoms with Crippen LogP contribution in [0.1, 0.15) is 35.7 Å². The molecule has 1 aromatic heterocycles. The summed E-state index contributed by atoms with van der Waals surface area (Å²) in [6.45, 7) is 3.88. The Kier molecular flexibility index (Phi) is 8.37. The van der Waals surface area contributed by atoms with E-state index in [9.17, 15) is 9.59 Å². The normalized spacial score (nSPS) is 19.4. The zero-order valence-corrected chi connectivity index (χ0v) is 24.4. The fourth-order valence-electron chi connectivity index (χ4n) is 5.61. The number of methoxy groups -OCH3 is 1. The Balaban J connectivity index is 1.31. The van der Waals surface area contributed by atoms with Gasteiger partial charge < -0.3 is 29.3 Å². The fraction of sp³-hybridized carbons (Fsp3) is 0.333. The number of hydrogen-bond acceptors (Lipinski definition) is 8. The summed E-state index contributed by atoms with van der Waals surface area (Å²) in [7, 11) is 1.56. The van der Waals surface area contributed by atoms with Gasteiger partial charge in [-0.3, -0.25) is 14.6 Å². The maximum atomic E-state index is 13.6. The number of ether oxygens (including phenoxy) is 3. The number of nitrogens with one attached hydrogen (secondary N) is 1. The summed E-state index contributed by atoms with van der Waals surface area (Å²) in [5.41, 5.74) is 3.00. The van der Waals surface area contributed by atoms with Crippen molar-refractivity contribution < 1.29 is 23.8 Å². The summed E-state index contributed by atoms with van der Waals surface area (Å²) in [5.74, 6) is 1.81. The van der Waals surface area contributed by atoms with Crippen molar-refractivity contribution in [2.45, 2.75) is 38.5 Å². The number of fused-ring (bicyclic) bond motifs is 6. The number of carbonyl (C=O) groups is 2. The molecular formula is C33H35N5O5. The van der Waals surface area contributed by atoms with Gasteiger partial charge in [-0.25, -0.2) is 4.98 Å². The maximum absolute atomic E-state index is 13.6. The first-order valence-electron chi connectivity index (χ1n) is 14.6. The van der Waals surface area contributed by atoms with E-state index in [0.29, 0.717) is 61.9 Å². The highest BCUT2D eigenvalue weighted by Gasteiger charge is 2.33. The van der Waals surface area contributed by atoms with E-state index < -0.39 is 0 Å². The summed E-state index contributed by atoms with van der Waals surface area (Å²) >= 11 is 0. The summed E-state index contributed by atoms with van der Waals surface area (Å²) in [4.78, 5) is 40.1. The van der Waals surface area contributed by atoms with Gasteiger partial charge in [0.1, 0.15) is 11.6 Å². The number of aromatic nitrogens is 2. The van der Waals surface area contributed by atoms with E-state index in [-0.39, 0.29) is 30.5 Å². The highest BCUT2D eigenvalue weighted by atomic mass is 16.5. The van der Waals surface area contributed by atoms with Crippen molar-refractivity contribution in [3.8, 4) is 17.2 Å². The molecule has 4 aromatic rings. The van der Waals surface area contributed by atoms with E-state index >= 15 is 0 Å². The number of piperidine rings is 1. The summed E-state index contributed by atoms with van der Waals surface area (Å²) in [5, 5.41) is 3.18. The molecule has 1 saturated heterocycles. The molecule has 0 unspecified atom stereocenters.